The predicted molar refractivity (Wildman–Crippen MR) is 61.2 cm³/mol. The molecule has 0 aliphatic rings. The lowest BCUT2D eigenvalue weighted by atomic mass is 10.0. The van der Waals surface area contributed by atoms with Gasteiger partial charge < -0.3 is 4.74 Å². The fraction of sp³-hybridized carbons (Fsp3) is 0.417. The normalized spacial score (nSPS) is 12.3. The van der Waals surface area contributed by atoms with Gasteiger partial charge in [-0.25, -0.2) is 0 Å². The molecular weight excluding hydrogens is 210 g/mol. The number of nitrogens with zero attached hydrogens (tertiary/aromatic N) is 1. The summed E-state index contributed by atoms with van der Waals surface area (Å²) in [7, 11) is 0. The molecule has 0 saturated carbocycles. The molecule has 1 atom stereocenters. The number of benzene rings is 1. The van der Waals surface area contributed by atoms with Gasteiger partial charge in [0.25, 0.3) is 0 Å². The highest BCUT2D eigenvalue weighted by molar-refractivity contribution is 6.32. The molecule has 0 aromatic heterocycles. The van der Waals surface area contributed by atoms with Crippen LogP contribution < -0.4 is 4.74 Å². The number of hydrogen-bond acceptors (Lipinski definition) is 2. The molecule has 15 heavy (non-hydrogen) atoms. The molecule has 1 unspecified atom stereocenters. The second-order valence-electron chi connectivity index (χ2n) is 3.71. The van der Waals surface area contributed by atoms with Gasteiger partial charge in [0.05, 0.1) is 23.1 Å². The van der Waals surface area contributed by atoms with Crippen LogP contribution in [0.25, 0.3) is 0 Å². The number of rotatable bonds is 3. The highest BCUT2D eigenvalue weighted by Gasteiger charge is 2.09. The lowest BCUT2D eigenvalue weighted by molar-refractivity contribution is 0.242. The summed E-state index contributed by atoms with van der Waals surface area (Å²) in [5.41, 5.74) is 0.928. The Morgan fingerprint density at radius 2 is 2.00 bits per heavy atom. The average molecular weight is 224 g/mol. The summed E-state index contributed by atoms with van der Waals surface area (Å²) in [5, 5.41) is 9.39. The Bertz CT molecular complexity index is 382. The second kappa shape index (κ2) is 5.04. The van der Waals surface area contributed by atoms with Crippen LogP contribution in [-0.2, 0) is 0 Å². The first-order chi connectivity index (χ1) is 7.04. The van der Waals surface area contributed by atoms with Crippen molar-refractivity contribution in [1.29, 1.82) is 5.26 Å². The molecule has 2 nitrogen and oxygen atoms in total. The molecule has 0 aliphatic heterocycles. The molecular formula is C12H14ClNO. The number of nitriles is 1. The van der Waals surface area contributed by atoms with E-state index in [9.17, 15) is 0 Å². The van der Waals surface area contributed by atoms with E-state index >= 15 is 0 Å². The first-order valence-corrected chi connectivity index (χ1v) is 5.28. The molecule has 0 radical (unpaired) electrons. The number of ether oxygens (including phenoxy) is 1. The maximum atomic E-state index is 8.81. The first kappa shape index (κ1) is 11.9. The van der Waals surface area contributed by atoms with Crippen LogP contribution in [0.2, 0.25) is 5.02 Å². The van der Waals surface area contributed by atoms with E-state index in [0.717, 1.165) is 5.56 Å². The van der Waals surface area contributed by atoms with Crippen molar-refractivity contribution in [2.45, 2.75) is 32.8 Å². The Balaban J connectivity index is 3.01. The van der Waals surface area contributed by atoms with Crippen molar-refractivity contribution in [1.82, 2.24) is 0 Å². The monoisotopic (exact) mass is 223 g/mol. The molecule has 0 saturated heterocycles. The van der Waals surface area contributed by atoms with Gasteiger partial charge in [-0.2, -0.15) is 5.26 Å². The average Bonchev–Trinajstić information content (AvgIpc) is 2.19. The van der Waals surface area contributed by atoms with Crippen molar-refractivity contribution in [3.05, 3.63) is 28.8 Å². The number of hydrogen-bond donors (Lipinski definition) is 0. The van der Waals surface area contributed by atoms with Gasteiger partial charge in [-0.3, -0.25) is 0 Å². The van der Waals surface area contributed by atoms with E-state index in [0.29, 0.717) is 10.8 Å². The van der Waals surface area contributed by atoms with Crippen molar-refractivity contribution in [3.8, 4) is 11.8 Å². The third kappa shape index (κ3) is 3.14. The summed E-state index contributed by atoms with van der Waals surface area (Å²) in [6, 6.07) is 7.63. The van der Waals surface area contributed by atoms with Gasteiger partial charge in [-0.15, -0.1) is 0 Å². The van der Waals surface area contributed by atoms with E-state index < -0.39 is 0 Å². The minimum atomic E-state index is -0.142. The quantitative estimate of drug-likeness (QED) is 0.782. The van der Waals surface area contributed by atoms with Crippen LogP contribution in [-0.4, -0.2) is 6.10 Å². The van der Waals surface area contributed by atoms with Gasteiger partial charge in [0.1, 0.15) is 5.75 Å². The van der Waals surface area contributed by atoms with E-state index in [1.54, 1.807) is 6.07 Å². The highest BCUT2D eigenvalue weighted by atomic mass is 35.5. The van der Waals surface area contributed by atoms with E-state index in [2.05, 4.69) is 6.07 Å². The lowest BCUT2D eigenvalue weighted by Crippen LogP contribution is -2.06. The molecule has 0 heterocycles. The molecule has 0 N–H and O–H groups in total. The zero-order chi connectivity index (χ0) is 11.4. The Morgan fingerprint density at radius 1 is 1.33 bits per heavy atom. The van der Waals surface area contributed by atoms with Gasteiger partial charge in [0, 0.05) is 0 Å². The summed E-state index contributed by atoms with van der Waals surface area (Å²) in [4.78, 5) is 0. The summed E-state index contributed by atoms with van der Waals surface area (Å²) in [5.74, 6) is 0.503. The zero-order valence-electron chi connectivity index (χ0n) is 9.12. The molecule has 0 bridgehead atoms. The summed E-state index contributed by atoms with van der Waals surface area (Å²) in [6.45, 7) is 5.73. The van der Waals surface area contributed by atoms with Crippen LogP contribution in [0.5, 0.6) is 5.75 Å². The topological polar surface area (TPSA) is 33.0 Å². The van der Waals surface area contributed by atoms with E-state index in [1.165, 1.54) is 0 Å². The Morgan fingerprint density at radius 3 is 2.53 bits per heavy atom. The van der Waals surface area contributed by atoms with E-state index in [1.807, 2.05) is 32.9 Å². The fourth-order valence-corrected chi connectivity index (χ4v) is 1.37. The fourth-order valence-electron chi connectivity index (χ4n) is 1.21. The van der Waals surface area contributed by atoms with E-state index in [4.69, 9.17) is 21.6 Å². The van der Waals surface area contributed by atoms with Crippen LogP contribution in [0, 0.1) is 11.3 Å². The molecule has 3 heteroatoms. The molecule has 0 spiro atoms. The van der Waals surface area contributed by atoms with Gasteiger partial charge in [0.15, 0.2) is 0 Å². The van der Waals surface area contributed by atoms with Crippen LogP contribution in [0.1, 0.15) is 32.3 Å². The van der Waals surface area contributed by atoms with Crippen LogP contribution in [0.4, 0.5) is 0 Å². The molecule has 0 amide bonds. The van der Waals surface area contributed by atoms with Crippen molar-refractivity contribution >= 4 is 11.6 Å². The molecule has 1 aromatic carbocycles. The Kier molecular flexibility index (Phi) is 3.99. The zero-order valence-corrected chi connectivity index (χ0v) is 9.88. The Hall–Kier alpha value is -1.20. The van der Waals surface area contributed by atoms with Gasteiger partial charge in [0.2, 0.25) is 0 Å². The molecule has 80 valence electrons. The number of halogens is 1. The third-order valence-corrected chi connectivity index (χ3v) is 2.32. The maximum Gasteiger partial charge on any atom is 0.138 e. The maximum absolute atomic E-state index is 8.81. The first-order valence-electron chi connectivity index (χ1n) is 4.90. The van der Waals surface area contributed by atoms with Crippen molar-refractivity contribution in [2.75, 3.05) is 0 Å². The van der Waals surface area contributed by atoms with Crippen LogP contribution in [0.15, 0.2) is 18.2 Å². The molecule has 1 aromatic rings. The minimum absolute atomic E-state index is 0.0788. The third-order valence-electron chi connectivity index (χ3n) is 2.01. The molecule has 1 rings (SSSR count). The van der Waals surface area contributed by atoms with Gasteiger partial charge in [-0.05, 0) is 38.5 Å². The van der Waals surface area contributed by atoms with Crippen molar-refractivity contribution in [2.24, 2.45) is 0 Å². The highest BCUT2D eigenvalue weighted by Crippen LogP contribution is 2.29. The smallest absolute Gasteiger partial charge is 0.138 e. The van der Waals surface area contributed by atoms with E-state index in [-0.39, 0.29) is 12.0 Å². The standard InChI is InChI=1S/C12H14ClNO/c1-8(2)15-12-6-10(9(3)7-14)4-5-11(12)13/h4-6,8-9H,1-3H3. The Labute approximate surface area is 95.4 Å². The van der Waals surface area contributed by atoms with Gasteiger partial charge >= 0.3 is 0 Å². The summed E-state index contributed by atoms with van der Waals surface area (Å²) < 4.78 is 5.54. The SMILES string of the molecule is CC(C)Oc1cc(C(C)C#N)ccc1Cl. The van der Waals surface area contributed by atoms with Crippen LogP contribution in [0.3, 0.4) is 0 Å². The molecule has 0 aliphatic carbocycles. The predicted octanol–water partition coefficient (Wildman–Crippen LogP) is 3.75. The minimum Gasteiger partial charge on any atom is -0.489 e. The van der Waals surface area contributed by atoms with Crippen molar-refractivity contribution < 1.29 is 4.74 Å². The molecule has 0 fully saturated rings. The van der Waals surface area contributed by atoms with Crippen LogP contribution >= 0.6 is 11.6 Å². The van der Waals surface area contributed by atoms with Crippen molar-refractivity contribution in [3.63, 3.8) is 0 Å². The summed E-state index contributed by atoms with van der Waals surface area (Å²) >= 11 is 5.98. The lowest BCUT2D eigenvalue weighted by Gasteiger charge is -2.13. The second-order valence-corrected chi connectivity index (χ2v) is 4.11. The van der Waals surface area contributed by atoms with Gasteiger partial charge in [-0.1, -0.05) is 17.7 Å². The largest absolute Gasteiger partial charge is 0.489 e. The summed E-state index contributed by atoms with van der Waals surface area (Å²) in [6.07, 6.45) is 0.0788.